The quantitative estimate of drug-likeness (QED) is 0.179. The van der Waals surface area contributed by atoms with E-state index in [9.17, 15) is 0 Å². The number of hydrogen-bond acceptors (Lipinski definition) is 1. The zero-order valence-corrected chi connectivity index (χ0v) is 29.2. The van der Waals surface area contributed by atoms with Crippen molar-refractivity contribution in [3.8, 4) is 61.5 Å². The predicted molar refractivity (Wildman–Crippen MR) is 218 cm³/mol. The van der Waals surface area contributed by atoms with E-state index in [-0.39, 0.29) is 5.41 Å². The lowest BCUT2D eigenvalue weighted by molar-refractivity contribution is 0.660. The van der Waals surface area contributed by atoms with Crippen molar-refractivity contribution in [2.45, 2.75) is 19.3 Å². The topological polar surface area (TPSA) is 17.8 Å². The van der Waals surface area contributed by atoms with Gasteiger partial charge >= 0.3 is 0 Å². The van der Waals surface area contributed by atoms with Gasteiger partial charge < -0.3 is 4.57 Å². The van der Waals surface area contributed by atoms with E-state index in [4.69, 9.17) is 4.98 Å². The fraction of sp³-hybridized carbons (Fsp3) is 0.0600. The Balaban J connectivity index is 1.06. The second-order valence-corrected chi connectivity index (χ2v) is 14.4. The molecule has 0 unspecified atom stereocenters. The molecule has 0 saturated heterocycles. The van der Waals surface area contributed by atoms with Crippen LogP contribution in [-0.2, 0) is 5.41 Å². The zero-order chi connectivity index (χ0) is 34.8. The normalized spacial score (nSPS) is 13.0. The van der Waals surface area contributed by atoms with Gasteiger partial charge in [-0.2, -0.15) is 0 Å². The van der Waals surface area contributed by atoms with Crippen molar-refractivity contribution in [1.29, 1.82) is 0 Å². The number of hydrogen-bond donors (Lipinski definition) is 0. The van der Waals surface area contributed by atoms with E-state index in [0.29, 0.717) is 0 Å². The Hall–Kier alpha value is -6.51. The van der Waals surface area contributed by atoms with E-state index in [0.717, 1.165) is 28.1 Å². The molecule has 7 aromatic carbocycles. The van der Waals surface area contributed by atoms with Crippen molar-refractivity contribution in [3.05, 3.63) is 193 Å². The molecule has 10 rings (SSSR count). The number of para-hydroxylation sites is 1. The molecular weight excluding hydrogens is 629 g/mol. The van der Waals surface area contributed by atoms with Gasteiger partial charge in [0.2, 0.25) is 0 Å². The van der Waals surface area contributed by atoms with Gasteiger partial charge in [0.15, 0.2) is 0 Å². The smallest absolute Gasteiger partial charge is 0.0702 e. The molecule has 0 N–H and O–H groups in total. The highest BCUT2D eigenvalue weighted by molar-refractivity contribution is 6.10. The lowest BCUT2D eigenvalue weighted by Crippen LogP contribution is -2.14. The second kappa shape index (κ2) is 11.8. The van der Waals surface area contributed by atoms with Crippen LogP contribution in [0.5, 0.6) is 0 Å². The molecule has 0 saturated carbocycles. The van der Waals surface area contributed by atoms with E-state index in [1.165, 1.54) is 66.3 Å². The van der Waals surface area contributed by atoms with Crippen LogP contribution in [0, 0.1) is 0 Å². The first-order valence-electron chi connectivity index (χ1n) is 18.0. The van der Waals surface area contributed by atoms with E-state index < -0.39 is 0 Å². The average molecular weight is 665 g/mol. The Morgan fingerprint density at radius 2 is 1.02 bits per heavy atom. The molecule has 0 bridgehead atoms. The molecule has 52 heavy (non-hydrogen) atoms. The molecular formula is C50H36N2. The molecule has 246 valence electrons. The number of rotatable bonds is 5. The first-order chi connectivity index (χ1) is 25.5. The van der Waals surface area contributed by atoms with E-state index >= 15 is 0 Å². The van der Waals surface area contributed by atoms with E-state index in [1.54, 1.807) is 0 Å². The number of nitrogens with zero attached hydrogens (tertiary/aromatic N) is 2. The minimum absolute atomic E-state index is 0.0392. The van der Waals surface area contributed by atoms with Gasteiger partial charge in [-0.25, -0.2) is 0 Å². The first-order valence-corrected chi connectivity index (χ1v) is 18.0. The van der Waals surface area contributed by atoms with Crippen LogP contribution in [0.3, 0.4) is 0 Å². The van der Waals surface area contributed by atoms with Gasteiger partial charge in [-0.05, 0) is 98.6 Å². The maximum Gasteiger partial charge on any atom is 0.0702 e. The minimum atomic E-state index is -0.0392. The first kappa shape index (κ1) is 30.3. The molecule has 9 aromatic rings. The molecule has 0 atom stereocenters. The molecule has 2 aromatic heterocycles. The zero-order valence-electron chi connectivity index (χ0n) is 29.2. The summed E-state index contributed by atoms with van der Waals surface area (Å²) in [4.78, 5) is 5.01. The third-order valence-corrected chi connectivity index (χ3v) is 11.0. The number of benzene rings is 7. The summed E-state index contributed by atoms with van der Waals surface area (Å²) in [6.07, 6.45) is 2.03. The summed E-state index contributed by atoms with van der Waals surface area (Å²) in [7, 11) is 0. The molecule has 1 aliphatic carbocycles. The van der Waals surface area contributed by atoms with Crippen LogP contribution < -0.4 is 0 Å². The minimum Gasteiger partial charge on any atom is -0.309 e. The Labute approximate surface area is 304 Å². The molecule has 2 heterocycles. The van der Waals surface area contributed by atoms with Gasteiger partial charge in [-0.15, -0.1) is 0 Å². The lowest BCUT2D eigenvalue weighted by Gasteiger charge is -2.21. The molecule has 0 fully saturated rings. The second-order valence-electron chi connectivity index (χ2n) is 14.4. The van der Waals surface area contributed by atoms with Gasteiger partial charge in [0.1, 0.15) is 0 Å². The van der Waals surface area contributed by atoms with Crippen LogP contribution in [0.2, 0.25) is 0 Å². The number of aromatic nitrogens is 2. The Morgan fingerprint density at radius 3 is 1.75 bits per heavy atom. The van der Waals surface area contributed by atoms with E-state index in [2.05, 4.69) is 194 Å². The summed E-state index contributed by atoms with van der Waals surface area (Å²) in [5.41, 5.74) is 18.1. The van der Waals surface area contributed by atoms with Crippen molar-refractivity contribution in [2.75, 3.05) is 0 Å². The van der Waals surface area contributed by atoms with Gasteiger partial charge in [0.25, 0.3) is 0 Å². The van der Waals surface area contributed by atoms with Gasteiger partial charge in [0, 0.05) is 39.2 Å². The summed E-state index contributed by atoms with van der Waals surface area (Å²) in [6.45, 7) is 4.65. The predicted octanol–water partition coefficient (Wildman–Crippen LogP) is 13.2. The summed E-state index contributed by atoms with van der Waals surface area (Å²) >= 11 is 0. The largest absolute Gasteiger partial charge is 0.309 e. The maximum absolute atomic E-state index is 5.01. The van der Waals surface area contributed by atoms with Crippen molar-refractivity contribution in [2.24, 2.45) is 0 Å². The van der Waals surface area contributed by atoms with Crippen LogP contribution in [-0.4, -0.2) is 9.55 Å². The molecule has 0 radical (unpaired) electrons. The van der Waals surface area contributed by atoms with Crippen molar-refractivity contribution in [3.63, 3.8) is 0 Å². The third kappa shape index (κ3) is 4.83. The van der Waals surface area contributed by atoms with Gasteiger partial charge in [-0.1, -0.05) is 141 Å². The molecule has 2 nitrogen and oxygen atoms in total. The lowest BCUT2D eigenvalue weighted by atomic mass is 9.82. The third-order valence-electron chi connectivity index (χ3n) is 11.0. The highest BCUT2D eigenvalue weighted by Crippen LogP contribution is 2.49. The maximum atomic E-state index is 5.01. The van der Waals surface area contributed by atoms with Crippen LogP contribution in [0.4, 0.5) is 0 Å². The van der Waals surface area contributed by atoms with Gasteiger partial charge in [0.05, 0.1) is 16.7 Å². The van der Waals surface area contributed by atoms with E-state index in [1.807, 2.05) is 6.20 Å². The molecule has 1 aliphatic rings. The number of fused-ring (bicyclic) bond motifs is 6. The fourth-order valence-electron chi connectivity index (χ4n) is 8.36. The van der Waals surface area contributed by atoms with Crippen molar-refractivity contribution >= 4 is 21.8 Å². The summed E-state index contributed by atoms with van der Waals surface area (Å²) in [5.74, 6) is 0. The van der Waals surface area contributed by atoms with Crippen LogP contribution >= 0.6 is 0 Å². The molecule has 0 aliphatic heterocycles. The SMILES string of the molecule is CC1(C)c2ccccc2-c2ccc(-c3ccc(-c4ccc5c(c4)c4ccccc4n5-c4cc(-c5ccccc5)cc(-c5ccccc5)c4)cn3)cc21. The van der Waals surface area contributed by atoms with Crippen molar-refractivity contribution < 1.29 is 0 Å². The molecule has 0 spiro atoms. The number of pyridine rings is 1. The average Bonchev–Trinajstić information content (AvgIpc) is 3.66. The Bertz CT molecular complexity index is 2730. The highest BCUT2D eigenvalue weighted by atomic mass is 15.0. The molecule has 0 amide bonds. The Kier molecular flexibility index (Phi) is 6.87. The molecule has 2 heteroatoms. The van der Waals surface area contributed by atoms with Crippen molar-refractivity contribution in [1.82, 2.24) is 9.55 Å². The fourth-order valence-corrected chi connectivity index (χ4v) is 8.36. The standard InChI is InChI=1S/C50H36N2/c1-50(2)45-19-11-9-17-41(45)42-24-21-36(31-46(42)50)47-25-22-37(32-51-47)35-23-26-49-44(30-35)43-18-10-12-20-48(43)52(49)40-28-38(33-13-5-3-6-14-33)27-39(29-40)34-15-7-4-8-16-34/h3-32H,1-2H3. The van der Waals surface area contributed by atoms with Crippen LogP contribution in [0.15, 0.2) is 182 Å². The monoisotopic (exact) mass is 664 g/mol. The van der Waals surface area contributed by atoms with Crippen LogP contribution in [0.25, 0.3) is 83.3 Å². The summed E-state index contributed by atoms with van der Waals surface area (Å²) in [5, 5.41) is 2.46. The van der Waals surface area contributed by atoms with Crippen LogP contribution in [0.1, 0.15) is 25.0 Å². The van der Waals surface area contributed by atoms with Gasteiger partial charge in [-0.3, -0.25) is 4.98 Å². The highest BCUT2D eigenvalue weighted by Gasteiger charge is 2.35. The summed E-state index contributed by atoms with van der Waals surface area (Å²) in [6, 6.07) is 63.9. The summed E-state index contributed by atoms with van der Waals surface area (Å²) < 4.78 is 2.42. The Morgan fingerprint density at radius 1 is 0.404 bits per heavy atom.